The van der Waals surface area contributed by atoms with E-state index in [1.807, 2.05) is 0 Å². The van der Waals surface area contributed by atoms with Crippen molar-refractivity contribution in [1.29, 1.82) is 0 Å². The largest absolute Gasteiger partial charge is 0.471 e. The topological polar surface area (TPSA) is 20.3 Å². The van der Waals surface area contributed by atoms with E-state index in [0.717, 1.165) is 12.1 Å². The summed E-state index contributed by atoms with van der Waals surface area (Å²) in [6.45, 7) is 1.09. The van der Waals surface area contributed by atoms with Gasteiger partial charge >= 0.3 is 18.3 Å². The van der Waals surface area contributed by atoms with Crippen molar-refractivity contribution >= 4 is 5.91 Å². The summed E-state index contributed by atoms with van der Waals surface area (Å²) in [4.78, 5) is 12.0. The number of fused-ring (bicyclic) bond motifs is 1. The summed E-state index contributed by atoms with van der Waals surface area (Å²) in [7, 11) is 0. The van der Waals surface area contributed by atoms with Crippen LogP contribution in [0.1, 0.15) is 29.5 Å². The first-order valence-electron chi connectivity index (χ1n) is 6.56. The second kappa shape index (κ2) is 5.48. The van der Waals surface area contributed by atoms with Gasteiger partial charge in [0.25, 0.3) is 0 Å². The van der Waals surface area contributed by atoms with E-state index in [4.69, 9.17) is 0 Å². The van der Waals surface area contributed by atoms with Gasteiger partial charge in [0, 0.05) is 13.1 Å². The molecular weight excluding hydrogens is 312 g/mol. The Balaban J connectivity index is 2.30. The van der Waals surface area contributed by atoms with Crippen molar-refractivity contribution < 1.29 is 31.1 Å². The summed E-state index contributed by atoms with van der Waals surface area (Å²) < 4.78 is 75.7. The fourth-order valence-electron chi connectivity index (χ4n) is 2.60. The minimum Gasteiger partial charge on any atom is -0.334 e. The number of amides is 1. The van der Waals surface area contributed by atoms with Crippen LogP contribution in [0.2, 0.25) is 0 Å². The van der Waals surface area contributed by atoms with Gasteiger partial charge in [-0.3, -0.25) is 4.79 Å². The van der Waals surface area contributed by atoms with Crippen LogP contribution < -0.4 is 0 Å². The molecule has 1 aliphatic heterocycles. The summed E-state index contributed by atoms with van der Waals surface area (Å²) in [5, 5.41) is 0. The summed E-state index contributed by atoms with van der Waals surface area (Å²) in [5.74, 6) is -2.56. The highest BCUT2D eigenvalue weighted by molar-refractivity contribution is 5.82. The predicted molar refractivity (Wildman–Crippen MR) is 66.2 cm³/mol. The average Bonchev–Trinajstić information content (AvgIpc) is 2.55. The van der Waals surface area contributed by atoms with E-state index in [9.17, 15) is 31.1 Å². The lowest BCUT2D eigenvalue weighted by Crippen LogP contribution is -2.42. The van der Waals surface area contributed by atoms with E-state index >= 15 is 0 Å². The Kier molecular flexibility index (Phi) is 4.14. The van der Waals surface area contributed by atoms with Gasteiger partial charge in [-0.15, -0.1) is 0 Å². The Bertz CT molecular complexity index is 578. The van der Waals surface area contributed by atoms with Gasteiger partial charge in [-0.1, -0.05) is 13.0 Å². The zero-order valence-corrected chi connectivity index (χ0v) is 11.6. The van der Waals surface area contributed by atoms with Gasteiger partial charge in [0.2, 0.25) is 0 Å². The van der Waals surface area contributed by atoms with Crippen molar-refractivity contribution in [3.05, 3.63) is 34.9 Å². The number of benzene rings is 1. The summed E-state index contributed by atoms with van der Waals surface area (Å²) >= 11 is 0. The van der Waals surface area contributed by atoms with Gasteiger partial charge in [0.15, 0.2) is 0 Å². The van der Waals surface area contributed by atoms with E-state index in [1.165, 1.54) is 13.0 Å². The molecule has 122 valence electrons. The second-order valence-electron chi connectivity index (χ2n) is 5.31. The summed E-state index contributed by atoms with van der Waals surface area (Å²) in [6, 6.07) is 3.14. The van der Waals surface area contributed by atoms with Gasteiger partial charge in [-0.05, 0) is 35.6 Å². The van der Waals surface area contributed by atoms with Crippen molar-refractivity contribution in [3.63, 3.8) is 0 Å². The molecule has 2 nitrogen and oxygen atoms in total. The molecule has 0 saturated heterocycles. The average molecular weight is 325 g/mol. The summed E-state index contributed by atoms with van der Waals surface area (Å²) in [5.41, 5.74) is 0.0407. The molecule has 1 amide bonds. The number of nitrogens with zero attached hydrogens (tertiary/aromatic N) is 1. The molecule has 0 fully saturated rings. The molecule has 1 aliphatic rings. The Labute approximate surface area is 122 Å². The van der Waals surface area contributed by atoms with Crippen LogP contribution in [0.25, 0.3) is 0 Å². The van der Waals surface area contributed by atoms with Crippen LogP contribution in [-0.2, 0) is 17.4 Å². The summed E-state index contributed by atoms with van der Waals surface area (Å²) in [6.07, 6.45) is -9.39. The standard InChI is InChI=1S/C14H13F6NO/c1-8-7-21(12(22)14(18,19)20)5-4-9-2-3-10(6-11(8)9)13(15,16)17/h2-3,6,8H,4-5,7H2,1H3. The first kappa shape index (κ1) is 16.6. The van der Waals surface area contributed by atoms with Gasteiger partial charge in [-0.2, -0.15) is 26.3 Å². The fourth-order valence-corrected chi connectivity index (χ4v) is 2.60. The highest BCUT2D eigenvalue weighted by atomic mass is 19.4. The SMILES string of the molecule is CC1CN(C(=O)C(F)(F)F)CCc2ccc(C(F)(F)F)cc21. The molecule has 8 heteroatoms. The van der Waals surface area contributed by atoms with E-state index in [1.54, 1.807) is 0 Å². The van der Waals surface area contributed by atoms with Crippen LogP contribution in [-0.4, -0.2) is 30.1 Å². The minimum atomic E-state index is -4.98. The molecular formula is C14H13F6NO. The number of halogens is 6. The molecule has 0 saturated carbocycles. The van der Waals surface area contributed by atoms with Crippen LogP contribution in [0.3, 0.4) is 0 Å². The maximum atomic E-state index is 12.7. The van der Waals surface area contributed by atoms with Gasteiger partial charge in [0.1, 0.15) is 0 Å². The quantitative estimate of drug-likeness (QED) is 0.665. The Morgan fingerprint density at radius 2 is 1.82 bits per heavy atom. The third kappa shape index (κ3) is 3.36. The van der Waals surface area contributed by atoms with Crippen molar-refractivity contribution in [2.24, 2.45) is 0 Å². The Hall–Kier alpha value is -1.73. The molecule has 1 atom stereocenters. The molecule has 0 aliphatic carbocycles. The highest BCUT2D eigenvalue weighted by Crippen LogP contribution is 2.34. The smallest absolute Gasteiger partial charge is 0.334 e. The van der Waals surface area contributed by atoms with Crippen molar-refractivity contribution in [1.82, 2.24) is 4.90 Å². The molecule has 1 aromatic carbocycles. The number of hydrogen-bond donors (Lipinski definition) is 0. The molecule has 0 N–H and O–H groups in total. The van der Waals surface area contributed by atoms with Crippen LogP contribution >= 0.6 is 0 Å². The van der Waals surface area contributed by atoms with E-state index in [0.29, 0.717) is 16.0 Å². The highest BCUT2D eigenvalue weighted by Gasteiger charge is 2.43. The van der Waals surface area contributed by atoms with E-state index in [-0.39, 0.29) is 19.5 Å². The minimum absolute atomic E-state index is 0.0969. The molecule has 0 aromatic heterocycles. The molecule has 0 radical (unpaired) electrons. The first-order chi connectivity index (χ1) is 10.00. The molecule has 22 heavy (non-hydrogen) atoms. The second-order valence-corrected chi connectivity index (χ2v) is 5.31. The third-order valence-corrected chi connectivity index (χ3v) is 3.68. The van der Waals surface area contributed by atoms with Gasteiger partial charge in [-0.25, -0.2) is 0 Å². The lowest BCUT2D eigenvalue weighted by Gasteiger charge is -2.24. The molecule has 2 rings (SSSR count). The van der Waals surface area contributed by atoms with E-state index < -0.39 is 29.7 Å². The lowest BCUT2D eigenvalue weighted by atomic mass is 9.93. The normalized spacial score (nSPS) is 19.6. The monoisotopic (exact) mass is 325 g/mol. The van der Waals surface area contributed by atoms with Crippen molar-refractivity contribution in [2.75, 3.05) is 13.1 Å². The first-order valence-corrected chi connectivity index (χ1v) is 6.56. The van der Waals surface area contributed by atoms with Crippen molar-refractivity contribution in [2.45, 2.75) is 31.6 Å². The van der Waals surface area contributed by atoms with Crippen LogP contribution in [0, 0.1) is 0 Å². The number of carbonyl (C=O) groups excluding carboxylic acids is 1. The van der Waals surface area contributed by atoms with Gasteiger partial charge < -0.3 is 4.90 Å². The maximum absolute atomic E-state index is 12.7. The molecule has 0 spiro atoms. The molecule has 1 heterocycles. The van der Waals surface area contributed by atoms with Crippen molar-refractivity contribution in [3.8, 4) is 0 Å². The third-order valence-electron chi connectivity index (χ3n) is 3.68. The van der Waals surface area contributed by atoms with Crippen LogP contribution in [0.5, 0.6) is 0 Å². The fraction of sp³-hybridized carbons (Fsp3) is 0.500. The van der Waals surface area contributed by atoms with E-state index in [2.05, 4.69) is 0 Å². The van der Waals surface area contributed by atoms with Crippen LogP contribution in [0.15, 0.2) is 18.2 Å². The molecule has 0 bridgehead atoms. The number of hydrogen-bond acceptors (Lipinski definition) is 1. The maximum Gasteiger partial charge on any atom is 0.471 e. The number of alkyl halides is 6. The molecule has 1 aromatic rings. The van der Waals surface area contributed by atoms with Gasteiger partial charge in [0.05, 0.1) is 5.56 Å². The predicted octanol–water partition coefficient (Wildman–Crippen LogP) is 3.76. The van der Waals surface area contributed by atoms with Crippen LogP contribution in [0.4, 0.5) is 26.3 Å². The molecule has 1 unspecified atom stereocenters. The Morgan fingerprint density at radius 3 is 2.36 bits per heavy atom. The Morgan fingerprint density at radius 1 is 1.18 bits per heavy atom. The zero-order valence-electron chi connectivity index (χ0n) is 11.6. The lowest BCUT2D eigenvalue weighted by molar-refractivity contribution is -0.185. The zero-order chi connectivity index (χ0) is 16.7. The number of rotatable bonds is 0. The number of carbonyl (C=O) groups is 1.